The number of aryl methyl sites for hydroxylation is 1. The minimum Gasteiger partial charge on any atom is -0.325 e. The fourth-order valence-corrected chi connectivity index (χ4v) is 3.72. The van der Waals surface area contributed by atoms with Crippen LogP contribution in [0.4, 0.5) is 14.5 Å². The molecule has 0 aliphatic heterocycles. The number of hydrogen-bond acceptors (Lipinski definition) is 5. The lowest BCUT2D eigenvalue weighted by Gasteiger charge is -2.12. The van der Waals surface area contributed by atoms with Gasteiger partial charge in [0.15, 0.2) is 22.6 Å². The van der Waals surface area contributed by atoms with Gasteiger partial charge in [-0.3, -0.25) is 14.3 Å². The zero-order valence-electron chi connectivity index (χ0n) is 16.4. The molecule has 2 aromatic heterocycles. The smallest absolute Gasteiger partial charge is 0.234 e. The molecule has 0 fully saturated rings. The molecule has 156 valence electrons. The minimum atomic E-state index is -1.02. The monoisotopic (exact) mass is 437 g/mol. The van der Waals surface area contributed by atoms with Crippen molar-refractivity contribution >= 4 is 23.4 Å². The molecule has 1 amide bonds. The number of nitrogens with one attached hydrogen (secondary N) is 1. The quantitative estimate of drug-likeness (QED) is 0.445. The molecule has 0 bridgehead atoms. The Hall–Kier alpha value is -3.59. The van der Waals surface area contributed by atoms with E-state index in [1.165, 1.54) is 17.8 Å². The molecule has 0 radical (unpaired) electrons. The number of aromatic nitrogens is 4. The van der Waals surface area contributed by atoms with Gasteiger partial charge in [0, 0.05) is 29.7 Å². The molecule has 2 heterocycles. The van der Waals surface area contributed by atoms with Crippen molar-refractivity contribution in [2.45, 2.75) is 12.1 Å². The molecular formula is C22H17F2N5OS. The number of hydrogen-bond donors (Lipinski definition) is 1. The Labute approximate surface area is 181 Å². The molecule has 4 aromatic rings. The van der Waals surface area contributed by atoms with E-state index in [1.54, 1.807) is 12.4 Å². The van der Waals surface area contributed by atoms with Gasteiger partial charge in [0.05, 0.1) is 11.4 Å². The number of halogens is 2. The lowest BCUT2D eigenvalue weighted by molar-refractivity contribution is -0.113. The third-order valence-corrected chi connectivity index (χ3v) is 5.37. The summed E-state index contributed by atoms with van der Waals surface area (Å²) in [5, 5.41) is 11.7. The van der Waals surface area contributed by atoms with Gasteiger partial charge < -0.3 is 5.32 Å². The predicted molar refractivity (Wildman–Crippen MR) is 115 cm³/mol. The SMILES string of the molecule is Cc1ccccc1-n1c(SCC(=O)Nc2ccc(F)c(F)c2)nnc1-c1cccnc1. The molecule has 0 atom stereocenters. The second-order valence-electron chi connectivity index (χ2n) is 6.64. The molecule has 31 heavy (non-hydrogen) atoms. The summed E-state index contributed by atoms with van der Waals surface area (Å²) in [7, 11) is 0. The van der Waals surface area contributed by atoms with Crippen molar-refractivity contribution < 1.29 is 13.6 Å². The Morgan fingerprint density at radius 3 is 2.65 bits per heavy atom. The van der Waals surface area contributed by atoms with Gasteiger partial charge in [-0.1, -0.05) is 30.0 Å². The van der Waals surface area contributed by atoms with Gasteiger partial charge in [-0.2, -0.15) is 0 Å². The molecule has 6 nitrogen and oxygen atoms in total. The number of carbonyl (C=O) groups excluding carboxylic acids is 1. The van der Waals surface area contributed by atoms with Gasteiger partial charge in [-0.15, -0.1) is 10.2 Å². The van der Waals surface area contributed by atoms with Crippen LogP contribution in [0.15, 0.2) is 72.1 Å². The Balaban J connectivity index is 1.59. The average Bonchev–Trinajstić information content (AvgIpc) is 3.19. The van der Waals surface area contributed by atoms with Crippen LogP contribution in [0.5, 0.6) is 0 Å². The minimum absolute atomic E-state index is 0.00997. The number of carbonyl (C=O) groups is 1. The topological polar surface area (TPSA) is 72.7 Å². The maximum Gasteiger partial charge on any atom is 0.234 e. The van der Waals surface area contributed by atoms with Crippen molar-refractivity contribution in [1.82, 2.24) is 19.7 Å². The highest BCUT2D eigenvalue weighted by Crippen LogP contribution is 2.29. The van der Waals surface area contributed by atoms with E-state index in [0.29, 0.717) is 11.0 Å². The van der Waals surface area contributed by atoms with Crippen LogP contribution in [-0.4, -0.2) is 31.4 Å². The van der Waals surface area contributed by atoms with Gasteiger partial charge in [0.25, 0.3) is 0 Å². The molecule has 0 aliphatic carbocycles. The summed E-state index contributed by atoms with van der Waals surface area (Å²) in [6, 6.07) is 14.7. The summed E-state index contributed by atoms with van der Waals surface area (Å²) in [6.07, 6.45) is 3.37. The van der Waals surface area contributed by atoms with E-state index in [0.717, 1.165) is 28.9 Å². The van der Waals surface area contributed by atoms with E-state index in [9.17, 15) is 13.6 Å². The van der Waals surface area contributed by atoms with Crippen molar-refractivity contribution in [2.75, 3.05) is 11.1 Å². The molecule has 9 heteroatoms. The molecular weight excluding hydrogens is 420 g/mol. The number of rotatable bonds is 6. The van der Waals surface area contributed by atoms with Crippen molar-refractivity contribution in [2.24, 2.45) is 0 Å². The van der Waals surface area contributed by atoms with Gasteiger partial charge in [-0.05, 0) is 42.8 Å². The second-order valence-corrected chi connectivity index (χ2v) is 7.58. The van der Waals surface area contributed by atoms with Gasteiger partial charge in [0.1, 0.15) is 0 Å². The van der Waals surface area contributed by atoms with Crippen molar-refractivity contribution in [1.29, 1.82) is 0 Å². The van der Waals surface area contributed by atoms with E-state index in [1.807, 2.05) is 47.9 Å². The summed E-state index contributed by atoms with van der Waals surface area (Å²) in [4.78, 5) is 16.5. The highest BCUT2D eigenvalue weighted by molar-refractivity contribution is 7.99. The third kappa shape index (κ3) is 4.61. The first-order valence-corrected chi connectivity index (χ1v) is 10.3. The Bertz CT molecular complexity index is 1230. The number of amides is 1. The van der Waals surface area contributed by atoms with Crippen LogP contribution >= 0.6 is 11.8 Å². The maximum absolute atomic E-state index is 13.4. The van der Waals surface area contributed by atoms with Crippen LogP contribution in [0.25, 0.3) is 17.1 Å². The van der Waals surface area contributed by atoms with E-state index in [-0.39, 0.29) is 17.3 Å². The lowest BCUT2D eigenvalue weighted by Crippen LogP contribution is -2.15. The Kier molecular flexibility index (Phi) is 6.03. The highest BCUT2D eigenvalue weighted by Gasteiger charge is 2.18. The Morgan fingerprint density at radius 2 is 1.90 bits per heavy atom. The van der Waals surface area contributed by atoms with E-state index < -0.39 is 11.6 Å². The highest BCUT2D eigenvalue weighted by atomic mass is 32.2. The first kappa shape index (κ1) is 20.7. The van der Waals surface area contributed by atoms with Crippen LogP contribution in [0.1, 0.15) is 5.56 Å². The fraction of sp³-hybridized carbons (Fsp3) is 0.0909. The van der Waals surface area contributed by atoms with Crippen LogP contribution in [-0.2, 0) is 4.79 Å². The molecule has 0 saturated carbocycles. The van der Waals surface area contributed by atoms with Crippen LogP contribution in [0.2, 0.25) is 0 Å². The second kappa shape index (κ2) is 9.05. The summed E-state index contributed by atoms with van der Waals surface area (Å²) in [5.74, 6) is -1.76. The summed E-state index contributed by atoms with van der Waals surface area (Å²) in [6.45, 7) is 1.98. The third-order valence-electron chi connectivity index (χ3n) is 4.45. The first-order chi connectivity index (χ1) is 15.0. The van der Waals surface area contributed by atoms with Crippen LogP contribution < -0.4 is 5.32 Å². The van der Waals surface area contributed by atoms with E-state index in [4.69, 9.17) is 0 Å². The molecule has 0 saturated heterocycles. The zero-order valence-corrected chi connectivity index (χ0v) is 17.2. The number of pyridine rings is 1. The number of benzene rings is 2. The molecule has 0 unspecified atom stereocenters. The molecule has 2 aromatic carbocycles. The van der Waals surface area contributed by atoms with Gasteiger partial charge >= 0.3 is 0 Å². The van der Waals surface area contributed by atoms with E-state index in [2.05, 4.69) is 20.5 Å². The average molecular weight is 437 g/mol. The standard InChI is InChI=1S/C22H17F2N5OS/c1-14-5-2-3-7-19(14)29-21(15-6-4-10-25-12-15)27-28-22(29)31-13-20(30)26-16-8-9-17(23)18(24)11-16/h2-12H,13H2,1H3,(H,26,30). The van der Waals surface area contributed by atoms with Crippen molar-refractivity contribution in [3.05, 3.63) is 84.2 Å². The summed E-state index contributed by atoms with van der Waals surface area (Å²) >= 11 is 1.19. The van der Waals surface area contributed by atoms with Crippen LogP contribution in [0, 0.1) is 18.6 Å². The number of nitrogens with zero attached hydrogens (tertiary/aromatic N) is 4. The predicted octanol–water partition coefficient (Wildman–Crippen LogP) is 4.65. The molecule has 4 rings (SSSR count). The normalized spacial score (nSPS) is 10.8. The molecule has 1 N–H and O–H groups in total. The first-order valence-electron chi connectivity index (χ1n) is 9.32. The summed E-state index contributed by atoms with van der Waals surface area (Å²) < 4.78 is 28.3. The number of anilines is 1. The largest absolute Gasteiger partial charge is 0.325 e. The summed E-state index contributed by atoms with van der Waals surface area (Å²) in [5.41, 5.74) is 2.87. The van der Waals surface area contributed by atoms with Gasteiger partial charge in [-0.25, -0.2) is 8.78 Å². The van der Waals surface area contributed by atoms with E-state index >= 15 is 0 Å². The molecule has 0 aliphatic rings. The zero-order chi connectivity index (χ0) is 21.8. The Morgan fingerprint density at radius 1 is 1.06 bits per heavy atom. The van der Waals surface area contributed by atoms with Gasteiger partial charge in [0.2, 0.25) is 5.91 Å². The lowest BCUT2D eigenvalue weighted by atomic mass is 10.2. The maximum atomic E-state index is 13.4. The fourth-order valence-electron chi connectivity index (χ4n) is 2.98. The van der Waals surface area contributed by atoms with Crippen LogP contribution in [0.3, 0.4) is 0 Å². The van der Waals surface area contributed by atoms with Crippen molar-refractivity contribution in [3.8, 4) is 17.1 Å². The van der Waals surface area contributed by atoms with Crippen molar-refractivity contribution in [3.63, 3.8) is 0 Å². The number of thioether (sulfide) groups is 1. The molecule has 0 spiro atoms. The number of para-hydroxylation sites is 1.